The van der Waals surface area contributed by atoms with Crippen molar-refractivity contribution < 1.29 is 0 Å². The quantitative estimate of drug-likeness (QED) is 0.475. The molecule has 0 atom stereocenters. The van der Waals surface area contributed by atoms with E-state index in [0.29, 0.717) is 0 Å². The third kappa shape index (κ3) is 9.27. The molecule has 3 aromatic carbocycles. The van der Waals surface area contributed by atoms with Crippen LogP contribution in [0.25, 0.3) is 0 Å². The molecule has 0 unspecified atom stereocenters. The summed E-state index contributed by atoms with van der Waals surface area (Å²) >= 11 is 0. The number of rotatable bonds is 4. The van der Waals surface area contributed by atoms with E-state index in [9.17, 15) is 0 Å². The van der Waals surface area contributed by atoms with Crippen LogP contribution in [0.15, 0.2) is 72.8 Å². The standard InChI is InChI=1S/C20H20N2.3C2H6/c21-19-9-5-17(6-10-19)13-15-1-2-16(4-3-15)14-18-7-11-20(22)12-8-18;3*1-2/h1-12H,13-14,21-22H2;3*1-2H3. The van der Waals surface area contributed by atoms with Crippen LogP contribution in [0.5, 0.6) is 0 Å². The second-order valence-electron chi connectivity index (χ2n) is 5.65. The highest BCUT2D eigenvalue weighted by Gasteiger charge is 1.99. The van der Waals surface area contributed by atoms with Crippen molar-refractivity contribution in [2.24, 2.45) is 0 Å². The Hall–Kier alpha value is -2.74. The Morgan fingerprint density at radius 3 is 0.786 bits per heavy atom. The van der Waals surface area contributed by atoms with Crippen LogP contribution in [0.3, 0.4) is 0 Å². The predicted octanol–water partition coefficient (Wildman–Crippen LogP) is 7.11. The lowest BCUT2D eigenvalue weighted by Crippen LogP contribution is -1.92. The molecule has 4 N–H and O–H groups in total. The Labute approximate surface area is 172 Å². The number of anilines is 2. The first-order valence-electron chi connectivity index (χ1n) is 10.5. The fourth-order valence-electron chi connectivity index (χ4n) is 2.52. The number of nitrogen functional groups attached to an aromatic ring is 2. The Bertz CT molecular complexity index is 660. The Balaban J connectivity index is 0.00000111. The molecule has 3 rings (SSSR count). The lowest BCUT2D eigenvalue weighted by atomic mass is 10.00. The van der Waals surface area contributed by atoms with Gasteiger partial charge in [0, 0.05) is 11.4 Å². The molecular formula is C26H38N2. The minimum atomic E-state index is 0.808. The summed E-state index contributed by atoms with van der Waals surface area (Å²) in [5.74, 6) is 0. The van der Waals surface area contributed by atoms with Crippen molar-refractivity contribution in [1.82, 2.24) is 0 Å². The molecule has 28 heavy (non-hydrogen) atoms. The molecule has 0 radical (unpaired) electrons. The molecular weight excluding hydrogens is 340 g/mol. The first-order chi connectivity index (χ1) is 13.7. The van der Waals surface area contributed by atoms with Gasteiger partial charge in [0.2, 0.25) is 0 Å². The van der Waals surface area contributed by atoms with E-state index in [2.05, 4.69) is 48.5 Å². The van der Waals surface area contributed by atoms with E-state index in [0.717, 1.165) is 24.2 Å². The molecule has 0 heterocycles. The second-order valence-corrected chi connectivity index (χ2v) is 5.65. The highest BCUT2D eigenvalue weighted by Crippen LogP contribution is 2.15. The molecule has 2 heteroatoms. The molecule has 0 aliphatic rings. The average molecular weight is 379 g/mol. The van der Waals surface area contributed by atoms with Crippen LogP contribution in [0.4, 0.5) is 11.4 Å². The van der Waals surface area contributed by atoms with Gasteiger partial charge in [-0.25, -0.2) is 0 Å². The van der Waals surface area contributed by atoms with E-state index in [1.54, 1.807) is 0 Å². The maximum Gasteiger partial charge on any atom is 0.0314 e. The minimum Gasteiger partial charge on any atom is -0.399 e. The zero-order chi connectivity index (χ0) is 21.4. The monoisotopic (exact) mass is 378 g/mol. The number of hydrogen-bond donors (Lipinski definition) is 2. The van der Waals surface area contributed by atoms with E-state index < -0.39 is 0 Å². The highest BCUT2D eigenvalue weighted by molar-refractivity contribution is 5.42. The van der Waals surface area contributed by atoms with Crippen LogP contribution in [0.1, 0.15) is 63.8 Å². The van der Waals surface area contributed by atoms with Gasteiger partial charge in [-0.2, -0.15) is 0 Å². The Morgan fingerprint density at radius 2 is 0.571 bits per heavy atom. The maximum atomic E-state index is 5.71. The first kappa shape index (κ1) is 25.3. The predicted molar refractivity (Wildman–Crippen MR) is 128 cm³/mol. The molecule has 0 aromatic heterocycles. The molecule has 2 nitrogen and oxygen atoms in total. The van der Waals surface area contributed by atoms with Gasteiger partial charge in [0.25, 0.3) is 0 Å². The molecule has 0 spiro atoms. The van der Waals surface area contributed by atoms with Crippen molar-refractivity contribution >= 4 is 11.4 Å². The van der Waals surface area contributed by atoms with E-state index in [1.807, 2.05) is 65.8 Å². The number of benzene rings is 3. The Kier molecular flexibility index (Phi) is 13.8. The molecule has 0 aliphatic heterocycles. The van der Waals surface area contributed by atoms with Crippen molar-refractivity contribution in [2.45, 2.75) is 54.4 Å². The summed E-state index contributed by atoms with van der Waals surface area (Å²) in [7, 11) is 0. The molecule has 0 amide bonds. The zero-order valence-corrected chi connectivity index (χ0v) is 18.5. The molecule has 0 saturated heterocycles. The van der Waals surface area contributed by atoms with Gasteiger partial charge in [0.05, 0.1) is 0 Å². The minimum absolute atomic E-state index is 0.808. The van der Waals surface area contributed by atoms with Gasteiger partial charge in [0.15, 0.2) is 0 Å². The average Bonchev–Trinajstić information content (AvgIpc) is 2.77. The van der Waals surface area contributed by atoms with Gasteiger partial charge < -0.3 is 11.5 Å². The number of nitrogens with two attached hydrogens (primary N) is 2. The van der Waals surface area contributed by atoms with Gasteiger partial charge in [-0.3, -0.25) is 0 Å². The SMILES string of the molecule is CC.CC.CC.Nc1ccc(Cc2ccc(Cc3ccc(N)cc3)cc2)cc1. The first-order valence-corrected chi connectivity index (χ1v) is 10.5. The van der Waals surface area contributed by atoms with Crippen LogP contribution in [-0.4, -0.2) is 0 Å². The van der Waals surface area contributed by atoms with Gasteiger partial charge >= 0.3 is 0 Å². The molecule has 0 fully saturated rings. The lowest BCUT2D eigenvalue weighted by Gasteiger charge is -2.06. The summed E-state index contributed by atoms with van der Waals surface area (Å²) < 4.78 is 0. The topological polar surface area (TPSA) is 52.0 Å². The largest absolute Gasteiger partial charge is 0.399 e. The maximum absolute atomic E-state index is 5.71. The molecule has 0 saturated carbocycles. The van der Waals surface area contributed by atoms with Gasteiger partial charge in [-0.05, 0) is 59.4 Å². The van der Waals surface area contributed by atoms with Crippen LogP contribution >= 0.6 is 0 Å². The fourth-order valence-corrected chi connectivity index (χ4v) is 2.52. The van der Waals surface area contributed by atoms with E-state index in [-0.39, 0.29) is 0 Å². The second kappa shape index (κ2) is 15.3. The Morgan fingerprint density at radius 1 is 0.393 bits per heavy atom. The number of hydrogen-bond acceptors (Lipinski definition) is 2. The summed E-state index contributed by atoms with van der Waals surface area (Å²) in [5, 5.41) is 0. The van der Waals surface area contributed by atoms with Crippen molar-refractivity contribution in [2.75, 3.05) is 11.5 Å². The smallest absolute Gasteiger partial charge is 0.0314 e. The van der Waals surface area contributed by atoms with Crippen molar-refractivity contribution in [3.8, 4) is 0 Å². The highest BCUT2D eigenvalue weighted by atomic mass is 14.5. The summed E-state index contributed by atoms with van der Waals surface area (Å²) in [5.41, 5.74) is 18.2. The van der Waals surface area contributed by atoms with Crippen molar-refractivity contribution in [3.05, 3.63) is 95.1 Å². The van der Waals surface area contributed by atoms with Gasteiger partial charge in [0.1, 0.15) is 0 Å². The zero-order valence-electron chi connectivity index (χ0n) is 18.5. The van der Waals surface area contributed by atoms with Crippen LogP contribution in [0, 0.1) is 0 Å². The normalized spacial score (nSPS) is 8.93. The third-order valence-corrected chi connectivity index (χ3v) is 3.80. The molecule has 0 bridgehead atoms. The third-order valence-electron chi connectivity index (χ3n) is 3.80. The summed E-state index contributed by atoms with van der Waals surface area (Å²) in [6.45, 7) is 12.0. The van der Waals surface area contributed by atoms with Crippen molar-refractivity contribution in [1.29, 1.82) is 0 Å². The lowest BCUT2D eigenvalue weighted by molar-refractivity contribution is 1.15. The van der Waals surface area contributed by atoms with Gasteiger partial charge in [-0.1, -0.05) is 90.1 Å². The van der Waals surface area contributed by atoms with Crippen LogP contribution in [-0.2, 0) is 12.8 Å². The molecule has 0 aliphatic carbocycles. The van der Waals surface area contributed by atoms with E-state index in [1.165, 1.54) is 22.3 Å². The fraction of sp³-hybridized carbons (Fsp3) is 0.308. The van der Waals surface area contributed by atoms with Gasteiger partial charge in [-0.15, -0.1) is 0 Å². The van der Waals surface area contributed by atoms with E-state index in [4.69, 9.17) is 11.5 Å². The van der Waals surface area contributed by atoms with E-state index >= 15 is 0 Å². The van der Waals surface area contributed by atoms with Crippen LogP contribution < -0.4 is 11.5 Å². The summed E-state index contributed by atoms with van der Waals surface area (Å²) in [4.78, 5) is 0. The molecule has 152 valence electrons. The van der Waals surface area contributed by atoms with Crippen molar-refractivity contribution in [3.63, 3.8) is 0 Å². The summed E-state index contributed by atoms with van der Waals surface area (Å²) in [6, 6.07) is 24.9. The summed E-state index contributed by atoms with van der Waals surface area (Å²) in [6.07, 6.45) is 1.87. The van der Waals surface area contributed by atoms with Crippen LogP contribution in [0.2, 0.25) is 0 Å². The molecule has 3 aromatic rings.